The molecule has 2 aromatic carbocycles. The largest absolute Gasteiger partial charge is 0.470 e. The maximum absolute atomic E-state index is 10.5. The van der Waals surface area contributed by atoms with Crippen molar-refractivity contribution < 1.29 is 23.1 Å². The molecule has 1 unspecified atom stereocenters. The standard InChI is InChI=1S/C67H120O5P2/c1-7-11-15-19-23-27-31-35-39-43-47-51-61-63(53-49-45-41-37-33-29-25-21-17-13-9-3)66-64(54-50-46-42-38-34-30-26-22-18-14-10-4)62(52-48-44-40-36-32-28-24-20-16-12-8-2)65(61)67(5,6)59-55-57-60(58-56-59)70-74(71-66)72-73(68)69/h55-58,68-69H,7-54H2,1-6H3. The predicted octanol–water partition coefficient (Wildman–Crippen LogP) is 23.7. The summed E-state index contributed by atoms with van der Waals surface area (Å²) in [6.07, 6.45) is 62.5. The van der Waals surface area contributed by atoms with Gasteiger partial charge in [-0.3, -0.25) is 0 Å². The van der Waals surface area contributed by atoms with Gasteiger partial charge in [-0.2, -0.15) is 0 Å². The van der Waals surface area contributed by atoms with Crippen LogP contribution in [0.15, 0.2) is 24.3 Å². The van der Waals surface area contributed by atoms with Crippen LogP contribution in [-0.2, 0) is 35.4 Å². The molecule has 0 radical (unpaired) electrons. The van der Waals surface area contributed by atoms with Crippen LogP contribution in [0.3, 0.4) is 0 Å². The molecule has 4 bridgehead atoms. The van der Waals surface area contributed by atoms with E-state index in [9.17, 15) is 9.79 Å². The van der Waals surface area contributed by atoms with Crippen LogP contribution in [0.1, 0.15) is 357 Å². The third-order valence-corrected chi connectivity index (χ3v) is 18.5. The number of hydrogen-bond donors (Lipinski definition) is 2. The average Bonchev–Trinajstić information content (AvgIpc) is 3.38. The molecule has 6 rings (SSSR count). The number of rotatable bonds is 50. The third-order valence-electron chi connectivity index (χ3n) is 16.7. The minimum absolute atomic E-state index is 0.222. The van der Waals surface area contributed by atoms with E-state index in [2.05, 4.69) is 53.7 Å². The van der Waals surface area contributed by atoms with Gasteiger partial charge in [-0.05, 0) is 96.9 Å². The smallest absolute Gasteiger partial charge is 0.418 e. The van der Waals surface area contributed by atoms with Crippen LogP contribution in [-0.4, -0.2) is 9.79 Å². The Labute approximate surface area is 462 Å². The number of unbranched alkanes of at least 4 members (excludes halogenated alkanes) is 40. The van der Waals surface area contributed by atoms with E-state index < -0.39 is 17.2 Å². The fourth-order valence-electron chi connectivity index (χ4n) is 12.1. The fraction of sp³-hybridized carbons (Fsp3) is 0.821. The minimum atomic E-state index is -2.70. The maximum atomic E-state index is 10.5. The van der Waals surface area contributed by atoms with Gasteiger partial charge in [0.2, 0.25) is 0 Å². The first kappa shape index (κ1) is 67.1. The highest BCUT2D eigenvalue weighted by molar-refractivity contribution is 7.55. The summed E-state index contributed by atoms with van der Waals surface area (Å²) >= 11 is 0. The Hall–Kier alpha value is -1.22. The lowest BCUT2D eigenvalue weighted by Crippen LogP contribution is -2.26. The monoisotopic (exact) mass is 1070 g/mol. The van der Waals surface area contributed by atoms with Crippen molar-refractivity contribution in [2.45, 2.75) is 355 Å². The van der Waals surface area contributed by atoms with Crippen LogP contribution in [0, 0.1) is 0 Å². The summed E-state index contributed by atoms with van der Waals surface area (Å²) < 4.78 is 19.7. The molecule has 428 valence electrons. The lowest BCUT2D eigenvalue weighted by molar-refractivity contribution is 0.330. The van der Waals surface area contributed by atoms with E-state index in [0.717, 1.165) is 44.3 Å². The van der Waals surface area contributed by atoms with Crippen molar-refractivity contribution in [1.29, 1.82) is 0 Å². The zero-order valence-electron chi connectivity index (χ0n) is 49.8. The molecule has 7 heteroatoms. The topological polar surface area (TPSA) is 68.2 Å². The van der Waals surface area contributed by atoms with Gasteiger partial charge in [0.25, 0.3) is 0 Å². The second kappa shape index (κ2) is 44.6. The van der Waals surface area contributed by atoms with Crippen molar-refractivity contribution in [3.8, 4) is 11.5 Å². The molecule has 4 aliphatic heterocycles. The highest BCUT2D eigenvalue weighted by Crippen LogP contribution is 2.55. The van der Waals surface area contributed by atoms with Crippen molar-refractivity contribution in [2.24, 2.45) is 0 Å². The Bertz CT molecular complexity index is 1530. The zero-order chi connectivity index (χ0) is 53.2. The Balaban J connectivity index is 2.05. The van der Waals surface area contributed by atoms with Crippen molar-refractivity contribution in [3.05, 3.63) is 57.6 Å². The molecule has 0 saturated carbocycles. The molecule has 0 spiro atoms. The third kappa shape index (κ3) is 29.1. The molecule has 0 saturated heterocycles. The summed E-state index contributed by atoms with van der Waals surface area (Å²) in [4.78, 5) is 20.9. The van der Waals surface area contributed by atoms with E-state index in [-0.39, 0.29) is 5.41 Å². The summed E-state index contributed by atoms with van der Waals surface area (Å²) in [6.45, 7) is 14.3. The number of hydrogen-bond acceptors (Lipinski definition) is 5. The van der Waals surface area contributed by atoms with E-state index in [1.54, 1.807) is 5.56 Å². The van der Waals surface area contributed by atoms with Gasteiger partial charge in [-0.1, -0.05) is 311 Å². The second-order valence-electron chi connectivity index (χ2n) is 23.7. The van der Waals surface area contributed by atoms with Crippen LogP contribution >= 0.6 is 17.2 Å². The van der Waals surface area contributed by atoms with Crippen LogP contribution < -0.4 is 9.05 Å². The molecular weight excluding hydrogens is 947 g/mol. The normalized spacial score (nSPS) is 14.2. The summed E-state index contributed by atoms with van der Waals surface area (Å²) in [7, 11) is -4.82. The van der Waals surface area contributed by atoms with Gasteiger partial charge in [0.15, 0.2) is 0 Å². The molecule has 0 fully saturated rings. The SMILES string of the molecule is CCCCCCCCCCCCCc1c(CCCCCCCCCCCCC)c2c(CCCCCCCCCCCCC)c(CCCCCCCCCCCCC)c1OP(OP(O)O)Oc1ccc(cc1)C2(C)C. The van der Waals surface area contributed by atoms with E-state index in [1.165, 1.54) is 297 Å². The summed E-state index contributed by atoms with van der Waals surface area (Å²) in [5, 5.41) is 0. The first-order chi connectivity index (χ1) is 36.3. The molecule has 0 aromatic heterocycles. The van der Waals surface area contributed by atoms with E-state index in [0.29, 0.717) is 5.75 Å². The van der Waals surface area contributed by atoms with Gasteiger partial charge >= 0.3 is 17.2 Å². The average molecular weight is 1070 g/mol. The van der Waals surface area contributed by atoms with Gasteiger partial charge < -0.3 is 18.8 Å². The van der Waals surface area contributed by atoms with Crippen LogP contribution in [0.25, 0.3) is 0 Å². The van der Waals surface area contributed by atoms with Crippen LogP contribution in [0.2, 0.25) is 0 Å². The molecule has 5 nitrogen and oxygen atoms in total. The van der Waals surface area contributed by atoms with Crippen LogP contribution in [0.4, 0.5) is 0 Å². The van der Waals surface area contributed by atoms with Gasteiger partial charge in [0.1, 0.15) is 11.5 Å². The molecular formula is C67H120O5P2. The van der Waals surface area contributed by atoms with E-state index in [1.807, 2.05) is 12.1 Å². The van der Waals surface area contributed by atoms with E-state index >= 15 is 0 Å². The lowest BCUT2D eigenvalue weighted by Gasteiger charge is -2.37. The van der Waals surface area contributed by atoms with Gasteiger partial charge in [-0.15, -0.1) is 0 Å². The maximum Gasteiger partial charge on any atom is 0.470 e. The zero-order valence-corrected chi connectivity index (χ0v) is 51.6. The number of benzene rings is 2. The Kier molecular flexibility index (Phi) is 40.4. The first-order valence-electron chi connectivity index (χ1n) is 32.6. The minimum Gasteiger partial charge on any atom is -0.418 e. The van der Waals surface area contributed by atoms with Crippen molar-refractivity contribution in [1.82, 2.24) is 0 Å². The molecule has 0 amide bonds. The van der Waals surface area contributed by atoms with Gasteiger partial charge in [-0.25, -0.2) is 4.31 Å². The predicted molar refractivity (Wildman–Crippen MR) is 326 cm³/mol. The summed E-state index contributed by atoms with van der Waals surface area (Å²) in [5.41, 5.74) is 8.44. The summed E-state index contributed by atoms with van der Waals surface area (Å²) in [6, 6.07) is 8.58. The molecule has 2 aromatic rings. The molecule has 1 atom stereocenters. The Morgan fingerprint density at radius 1 is 0.365 bits per heavy atom. The molecule has 74 heavy (non-hydrogen) atoms. The van der Waals surface area contributed by atoms with Gasteiger partial charge in [0.05, 0.1) is 0 Å². The quantitative estimate of drug-likeness (QED) is 0.0510. The summed E-state index contributed by atoms with van der Waals surface area (Å²) in [5.74, 6) is 1.61. The Morgan fingerprint density at radius 2 is 0.622 bits per heavy atom. The van der Waals surface area contributed by atoms with Crippen molar-refractivity contribution >= 4 is 17.2 Å². The second-order valence-corrected chi connectivity index (χ2v) is 25.6. The molecule has 2 N–H and O–H groups in total. The van der Waals surface area contributed by atoms with Crippen LogP contribution in [0.5, 0.6) is 11.5 Å². The van der Waals surface area contributed by atoms with Crippen molar-refractivity contribution in [2.75, 3.05) is 0 Å². The molecule has 4 aliphatic rings. The fourth-order valence-corrected chi connectivity index (χ4v) is 13.5. The molecule has 4 heterocycles. The molecule has 0 aliphatic carbocycles. The van der Waals surface area contributed by atoms with Crippen molar-refractivity contribution in [3.63, 3.8) is 0 Å². The first-order valence-corrected chi connectivity index (χ1v) is 34.9. The van der Waals surface area contributed by atoms with E-state index in [4.69, 9.17) is 13.4 Å². The highest BCUT2D eigenvalue weighted by Gasteiger charge is 2.36. The van der Waals surface area contributed by atoms with Gasteiger partial charge in [0, 0.05) is 5.41 Å². The highest BCUT2D eigenvalue weighted by atomic mass is 31.2. The lowest BCUT2D eigenvalue weighted by atomic mass is 9.69. The Morgan fingerprint density at radius 3 is 0.892 bits per heavy atom.